The number of benzene rings is 1. The van der Waals surface area contributed by atoms with Gasteiger partial charge in [-0.1, -0.05) is 12.1 Å². The molecule has 0 atom stereocenters. The van der Waals surface area contributed by atoms with Crippen molar-refractivity contribution in [1.29, 1.82) is 5.26 Å². The molecule has 1 amide bonds. The lowest BCUT2D eigenvalue weighted by molar-refractivity contribution is 0.0667. The fourth-order valence-corrected chi connectivity index (χ4v) is 2.09. The zero-order valence-electron chi connectivity index (χ0n) is 10.1. The molecule has 1 heterocycles. The summed E-state index contributed by atoms with van der Waals surface area (Å²) in [6.45, 7) is 0.972. The summed E-state index contributed by atoms with van der Waals surface area (Å²) >= 11 is 0. The van der Waals surface area contributed by atoms with Crippen LogP contribution in [0.3, 0.4) is 0 Å². The molecule has 0 aromatic heterocycles. The van der Waals surface area contributed by atoms with Gasteiger partial charge in [0.25, 0.3) is 5.91 Å². The van der Waals surface area contributed by atoms with E-state index < -0.39 is 6.17 Å². The first kappa shape index (κ1) is 12.6. The number of amides is 1. The summed E-state index contributed by atoms with van der Waals surface area (Å²) in [6, 6.07) is 9.11. The highest BCUT2D eigenvalue weighted by atomic mass is 19.1. The molecule has 1 aromatic rings. The van der Waals surface area contributed by atoms with Crippen LogP contribution in [0.15, 0.2) is 24.3 Å². The lowest BCUT2D eigenvalue weighted by atomic mass is 10.1. The van der Waals surface area contributed by atoms with Crippen molar-refractivity contribution < 1.29 is 9.18 Å². The first-order valence-corrected chi connectivity index (χ1v) is 6.10. The van der Waals surface area contributed by atoms with E-state index in [9.17, 15) is 9.18 Å². The van der Waals surface area contributed by atoms with Crippen LogP contribution in [-0.4, -0.2) is 30.1 Å². The van der Waals surface area contributed by atoms with Gasteiger partial charge in [0.2, 0.25) is 0 Å². The van der Waals surface area contributed by atoms with Crippen LogP contribution in [0.1, 0.15) is 28.8 Å². The van der Waals surface area contributed by atoms with Crippen molar-refractivity contribution in [3.8, 4) is 6.07 Å². The summed E-state index contributed by atoms with van der Waals surface area (Å²) in [5, 5.41) is 8.57. The molecular formula is C14H15FN2O. The van der Waals surface area contributed by atoms with Crippen molar-refractivity contribution in [3.05, 3.63) is 35.4 Å². The number of alkyl halides is 1. The first-order valence-electron chi connectivity index (χ1n) is 6.10. The van der Waals surface area contributed by atoms with Crippen molar-refractivity contribution in [2.45, 2.75) is 25.4 Å². The predicted molar refractivity (Wildman–Crippen MR) is 65.8 cm³/mol. The molecule has 0 N–H and O–H groups in total. The summed E-state index contributed by atoms with van der Waals surface area (Å²) < 4.78 is 13.0. The smallest absolute Gasteiger partial charge is 0.253 e. The van der Waals surface area contributed by atoms with E-state index in [1.165, 1.54) is 0 Å². The monoisotopic (exact) mass is 246 g/mol. The number of likely N-dealkylation sites (tertiary alicyclic amines) is 1. The second kappa shape index (κ2) is 5.63. The van der Waals surface area contributed by atoms with E-state index in [2.05, 4.69) is 6.07 Å². The van der Waals surface area contributed by atoms with Crippen molar-refractivity contribution in [1.82, 2.24) is 4.90 Å². The van der Waals surface area contributed by atoms with E-state index in [1.54, 1.807) is 29.2 Å². The number of rotatable bonds is 2. The average Bonchev–Trinajstić information content (AvgIpc) is 2.40. The molecule has 1 saturated heterocycles. The molecule has 18 heavy (non-hydrogen) atoms. The Morgan fingerprint density at radius 3 is 2.50 bits per heavy atom. The third kappa shape index (κ3) is 2.86. The second-order valence-corrected chi connectivity index (χ2v) is 4.50. The third-order valence-electron chi connectivity index (χ3n) is 3.20. The Bertz CT molecular complexity index is 456. The van der Waals surface area contributed by atoms with Gasteiger partial charge in [-0.3, -0.25) is 4.79 Å². The zero-order chi connectivity index (χ0) is 13.0. The van der Waals surface area contributed by atoms with Crippen LogP contribution < -0.4 is 0 Å². The fourth-order valence-electron chi connectivity index (χ4n) is 2.09. The third-order valence-corrected chi connectivity index (χ3v) is 3.20. The molecule has 0 radical (unpaired) electrons. The Hall–Kier alpha value is -1.89. The Kier molecular flexibility index (Phi) is 3.93. The fraction of sp³-hybridized carbons (Fsp3) is 0.429. The minimum Gasteiger partial charge on any atom is -0.338 e. The molecule has 1 aliphatic heterocycles. The number of halogens is 1. The minimum atomic E-state index is -0.771. The van der Waals surface area contributed by atoms with Gasteiger partial charge in [0.05, 0.1) is 12.5 Å². The number of nitriles is 1. The molecule has 0 spiro atoms. The van der Waals surface area contributed by atoms with Crippen molar-refractivity contribution >= 4 is 5.91 Å². The normalized spacial score (nSPS) is 16.3. The molecular weight excluding hydrogens is 231 g/mol. The molecule has 0 saturated carbocycles. The summed E-state index contributed by atoms with van der Waals surface area (Å²) in [4.78, 5) is 13.8. The Morgan fingerprint density at radius 2 is 1.94 bits per heavy atom. The maximum Gasteiger partial charge on any atom is 0.253 e. The molecule has 1 fully saturated rings. The van der Waals surface area contributed by atoms with Crippen LogP contribution >= 0.6 is 0 Å². The summed E-state index contributed by atoms with van der Waals surface area (Å²) in [6.07, 6.45) is 0.435. The molecule has 2 rings (SSSR count). The van der Waals surface area contributed by atoms with E-state index >= 15 is 0 Å². The minimum absolute atomic E-state index is 0.0505. The van der Waals surface area contributed by atoms with Crippen LogP contribution in [0.5, 0.6) is 0 Å². The van der Waals surface area contributed by atoms with Gasteiger partial charge in [0, 0.05) is 18.7 Å². The highest BCUT2D eigenvalue weighted by molar-refractivity contribution is 5.94. The van der Waals surface area contributed by atoms with Crippen LogP contribution in [0.4, 0.5) is 4.39 Å². The second-order valence-electron chi connectivity index (χ2n) is 4.50. The van der Waals surface area contributed by atoms with Crippen molar-refractivity contribution in [3.63, 3.8) is 0 Å². The van der Waals surface area contributed by atoms with Gasteiger partial charge in [-0.25, -0.2) is 4.39 Å². The Morgan fingerprint density at radius 1 is 1.33 bits per heavy atom. The van der Waals surface area contributed by atoms with Crippen LogP contribution in [0.2, 0.25) is 0 Å². The molecule has 0 unspecified atom stereocenters. The number of carbonyl (C=O) groups is 1. The van der Waals surface area contributed by atoms with Crippen molar-refractivity contribution in [2.75, 3.05) is 13.1 Å². The van der Waals surface area contributed by atoms with E-state index in [0.717, 1.165) is 5.56 Å². The topological polar surface area (TPSA) is 44.1 Å². The molecule has 4 heteroatoms. The average molecular weight is 246 g/mol. The quantitative estimate of drug-likeness (QED) is 0.803. The van der Waals surface area contributed by atoms with E-state index in [4.69, 9.17) is 5.26 Å². The Labute approximate surface area is 106 Å². The van der Waals surface area contributed by atoms with Gasteiger partial charge in [-0.05, 0) is 30.5 Å². The zero-order valence-corrected chi connectivity index (χ0v) is 10.1. The lowest BCUT2D eigenvalue weighted by Gasteiger charge is -2.28. The number of carbonyl (C=O) groups excluding carboxylic acids is 1. The van der Waals surface area contributed by atoms with Crippen LogP contribution in [-0.2, 0) is 6.42 Å². The van der Waals surface area contributed by atoms with Gasteiger partial charge in [0.1, 0.15) is 6.17 Å². The highest BCUT2D eigenvalue weighted by Crippen LogP contribution is 2.16. The largest absolute Gasteiger partial charge is 0.338 e. The van der Waals surface area contributed by atoms with Gasteiger partial charge in [0.15, 0.2) is 0 Å². The number of piperidine rings is 1. The number of hydrogen-bond donors (Lipinski definition) is 0. The summed E-state index contributed by atoms with van der Waals surface area (Å²) in [7, 11) is 0. The van der Waals surface area contributed by atoms with Crippen LogP contribution in [0.25, 0.3) is 0 Å². The number of nitrogens with zero attached hydrogens (tertiary/aromatic N) is 2. The molecule has 1 aromatic carbocycles. The first-order chi connectivity index (χ1) is 8.70. The van der Waals surface area contributed by atoms with Gasteiger partial charge in [-0.15, -0.1) is 0 Å². The van der Waals surface area contributed by atoms with E-state index in [0.29, 0.717) is 37.9 Å². The maximum atomic E-state index is 13.0. The molecule has 94 valence electrons. The number of hydrogen-bond acceptors (Lipinski definition) is 2. The molecule has 1 aliphatic rings. The van der Waals surface area contributed by atoms with Gasteiger partial charge in [-0.2, -0.15) is 5.26 Å². The SMILES string of the molecule is N#CCc1ccc(C(=O)N2CCC(F)CC2)cc1. The van der Waals surface area contributed by atoms with Crippen molar-refractivity contribution in [2.24, 2.45) is 0 Å². The highest BCUT2D eigenvalue weighted by Gasteiger charge is 2.22. The summed E-state index contributed by atoms with van der Waals surface area (Å²) in [5.74, 6) is -0.0505. The molecule has 3 nitrogen and oxygen atoms in total. The maximum absolute atomic E-state index is 13.0. The van der Waals surface area contributed by atoms with E-state index in [1.807, 2.05) is 0 Å². The summed E-state index contributed by atoms with van der Waals surface area (Å²) in [5.41, 5.74) is 1.51. The predicted octanol–water partition coefficient (Wildman–Crippen LogP) is 2.33. The van der Waals surface area contributed by atoms with Crippen LogP contribution in [0, 0.1) is 11.3 Å². The standard InChI is InChI=1S/C14H15FN2O/c15-13-6-9-17(10-7-13)14(18)12-3-1-11(2-4-12)5-8-16/h1-4,13H,5-7,9-10H2. The van der Waals surface area contributed by atoms with Gasteiger partial charge >= 0.3 is 0 Å². The Balaban J connectivity index is 2.02. The van der Waals surface area contributed by atoms with Gasteiger partial charge < -0.3 is 4.90 Å². The van der Waals surface area contributed by atoms with E-state index in [-0.39, 0.29) is 5.91 Å². The molecule has 0 aliphatic carbocycles. The molecule has 0 bridgehead atoms. The lowest BCUT2D eigenvalue weighted by Crippen LogP contribution is -2.39.